The van der Waals surface area contributed by atoms with Crippen molar-refractivity contribution >= 4 is 56.9 Å². The van der Waals surface area contributed by atoms with Crippen LogP contribution in [0.5, 0.6) is 11.5 Å². The van der Waals surface area contributed by atoms with E-state index in [1.54, 1.807) is 6.07 Å². The molecule has 0 unspecified atom stereocenters. The molecule has 9 heteroatoms. The van der Waals surface area contributed by atoms with Crippen LogP contribution in [0.3, 0.4) is 0 Å². The normalized spacial score (nSPS) is 10.6. The summed E-state index contributed by atoms with van der Waals surface area (Å²) in [5.74, 6) is -1.88. The Morgan fingerprint density at radius 3 is 2.64 bits per heavy atom. The Morgan fingerprint density at radius 1 is 1.32 bits per heavy atom. The lowest BCUT2D eigenvalue weighted by Crippen LogP contribution is -2.12. The molecular weight excluding hydrogens is 437 g/mol. The SMILES string of the molecule is CC(=O)Oc1c(NC(=O)CCCBr)oc(-c2ccc(Cl)c(Cl)c2)c1O. The Bertz CT molecular complexity index is 806. The highest BCUT2D eigenvalue weighted by molar-refractivity contribution is 9.09. The van der Waals surface area contributed by atoms with Crippen molar-refractivity contribution in [2.24, 2.45) is 0 Å². The van der Waals surface area contributed by atoms with E-state index in [1.165, 1.54) is 19.1 Å². The number of nitrogens with one attached hydrogen (secondary N) is 1. The first-order valence-corrected chi connectivity index (χ1v) is 9.06. The lowest BCUT2D eigenvalue weighted by Gasteiger charge is -2.04. The van der Waals surface area contributed by atoms with Gasteiger partial charge in [-0.2, -0.15) is 0 Å². The summed E-state index contributed by atoms with van der Waals surface area (Å²) < 4.78 is 10.5. The molecule has 1 aromatic carbocycles. The molecule has 0 bridgehead atoms. The van der Waals surface area contributed by atoms with E-state index in [9.17, 15) is 14.7 Å². The van der Waals surface area contributed by atoms with E-state index < -0.39 is 11.7 Å². The summed E-state index contributed by atoms with van der Waals surface area (Å²) in [4.78, 5) is 23.2. The van der Waals surface area contributed by atoms with E-state index in [1.807, 2.05) is 0 Å². The number of hydrogen-bond donors (Lipinski definition) is 2. The number of esters is 1. The Balaban J connectivity index is 2.42. The van der Waals surface area contributed by atoms with Crippen LogP contribution in [0.2, 0.25) is 10.0 Å². The van der Waals surface area contributed by atoms with Crippen LogP contribution in [-0.4, -0.2) is 22.3 Å². The van der Waals surface area contributed by atoms with Gasteiger partial charge >= 0.3 is 5.97 Å². The summed E-state index contributed by atoms with van der Waals surface area (Å²) >= 11 is 15.1. The van der Waals surface area contributed by atoms with Gasteiger partial charge in [-0.05, 0) is 24.6 Å². The standard InChI is InChI=1S/C16H14BrCl2NO5/c1-8(21)24-15-13(23)14(9-4-5-10(18)11(19)7-9)25-16(15)20-12(22)3-2-6-17/h4-5,7,23H,2-3,6H2,1H3,(H,20,22). The minimum Gasteiger partial charge on any atom is -0.502 e. The van der Waals surface area contributed by atoms with Crippen LogP contribution in [0.15, 0.2) is 22.6 Å². The van der Waals surface area contributed by atoms with Gasteiger partial charge in [0, 0.05) is 24.2 Å². The van der Waals surface area contributed by atoms with Gasteiger partial charge in [0.05, 0.1) is 10.0 Å². The molecule has 25 heavy (non-hydrogen) atoms. The van der Waals surface area contributed by atoms with E-state index in [0.29, 0.717) is 22.3 Å². The molecule has 0 spiro atoms. The maximum absolute atomic E-state index is 11.9. The van der Waals surface area contributed by atoms with Crippen LogP contribution in [-0.2, 0) is 9.59 Å². The highest BCUT2D eigenvalue weighted by Crippen LogP contribution is 2.47. The molecule has 2 rings (SSSR count). The average molecular weight is 451 g/mol. The second-order valence-corrected chi connectivity index (χ2v) is 6.61. The summed E-state index contributed by atoms with van der Waals surface area (Å²) in [6, 6.07) is 4.58. The monoisotopic (exact) mass is 449 g/mol. The number of furan rings is 1. The molecule has 0 aliphatic rings. The summed E-state index contributed by atoms with van der Waals surface area (Å²) in [7, 11) is 0. The zero-order valence-corrected chi connectivity index (χ0v) is 16.2. The summed E-state index contributed by atoms with van der Waals surface area (Å²) in [5.41, 5.74) is 0.404. The Labute approximate surface area is 162 Å². The first-order valence-electron chi connectivity index (χ1n) is 7.19. The third-order valence-corrected chi connectivity index (χ3v) is 4.36. The fraction of sp³-hybridized carbons (Fsp3) is 0.250. The van der Waals surface area contributed by atoms with Gasteiger partial charge < -0.3 is 14.3 Å². The second-order valence-electron chi connectivity index (χ2n) is 5.00. The number of benzene rings is 1. The minimum absolute atomic E-state index is 0.00870. The van der Waals surface area contributed by atoms with Crippen molar-refractivity contribution < 1.29 is 23.8 Å². The Morgan fingerprint density at radius 2 is 2.04 bits per heavy atom. The lowest BCUT2D eigenvalue weighted by atomic mass is 10.1. The Hall–Kier alpha value is -1.70. The molecule has 1 heterocycles. The molecule has 0 fully saturated rings. The zero-order valence-electron chi connectivity index (χ0n) is 13.1. The minimum atomic E-state index is -0.673. The van der Waals surface area contributed by atoms with E-state index in [4.69, 9.17) is 32.4 Å². The molecule has 1 amide bonds. The lowest BCUT2D eigenvalue weighted by molar-refractivity contribution is -0.132. The second kappa shape index (κ2) is 8.60. The van der Waals surface area contributed by atoms with Crippen molar-refractivity contribution in [3.8, 4) is 22.8 Å². The van der Waals surface area contributed by atoms with Crippen molar-refractivity contribution in [1.82, 2.24) is 0 Å². The largest absolute Gasteiger partial charge is 0.502 e. The van der Waals surface area contributed by atoms with Crippen molar-refractivity contribution in [2.45, 2.75) is 19.8 Å². The van der Waals surface area contributed by atoms with E-state index in [2.05, 4.69) is 21.2 Å². The molecule has 1 aromatic heterocycles. The molecule has 6 nitrogen and oxygen atoms in total. The molecule has 0 saturated heterocycles. The smallest absolute Gasteiger partial charge is 0.308 e. The van der Waals surface area contributed by atoms with Crippen molar-refractivity contribution in [3.05, 3.63) is 28.2 Å². The first kappa shape index (κ1) is 19.6. The van der Waals surface area contributed by atoms with Crippen LogP contribution in [0.1, 0.15) is 19.8 Å². The van der Waals surface area contributed by atoms with Crippen LogP contribution < -0.4 is 10.1 Å². The van der Waals surface area contributed by atoms with Gasteiger partial charge in [-0.15, -0.1) is 0 Å². The molecule has 134 valence electrons. The van der Waals surface area contributed by atoms with Crippen LogP contribution in [0.25, 0.3) is 11.3 Å². The number of carbonyl (C=O) groups excluding carboxylic acids is 2. The molecule has 0 saturated carbocycles. The van der Waals surface area contributed by atoms with Gasteiger partial charge in [0.1, 0.15) is 0 Å². The third kappa shape index (κ3) is 4.90. The van der Waals surface area contributed by atoms with E-state index >= 15 is 0 Å². The molecule has 2 aromatic rings. The molecule has 0 atom stereocenters. The number of alkyl halides is 1. The number of ether oxygens (including phenoxy) is 1. The number of rotatable bonds is 6. The molecule has 0 radical (unpaired) electrons. The quantitative estimate of drug-likeness (QED) is 0.477. The molecule has 0 aliphatic heterocycles. The summed E-state index contributed by atoms with van der Waals surface area (Å²) in [6.07, 6.45) is 0.843. The first-order chi connectivity index (χ1) is 11.8. The average Bonchev–Trinajstić information content (AvgIpc) is 2.84. The number of anilines is 1. The maximum atomic E-state index is 11.9. The van der Waals surface area contributed by atoms with Gasteiger partial charge in [-0.3, -0.25) is 14.9 Å². The van der Waals surface area contributed by atoms with Crippen molar-refractivity contribution in [2.75, 3.05) is 10.6 Å². The highest BCUT2D eigenvalue weighted by atomic mass is 79.9. The number of hydrogen-bond acceptors (Lipinski definition) is 5. The molecule has 0 aliphatic carbocycles. The van der Waals surface area contributed by atoms with Crippen molar-refractivity contribution in [3.63, 3.8) is 0 Å². The van der Waals surface area contributed by atoms with Crippen molar-refractivity contribution in [1.29, 1.82) is 0 Å². The molecule has 2 N–H and O–H groups in total. The molecular formula is C16H14BrCl2NO5. The third-order valence-electron chi connectivity index (χ3n) is 3.06. The van der Waals surface area contributed by atoms with Crippen LogP contribution >= 0.6 is 39.1 Å². The number of amides is 1. The predicted molar refractivity (Wildman–Crippen MR) is 98.8 cm³/mol. The van der Waals surface area contributed by atoms with Gasteiger partial charge in [-0.25, -0.2) is 0 Å². The highest BCUT2D eigenvalue weighted by Gasteiger charge is 2.25. The fourth-order valence-electron chi connectivity index (χ4n) is 1.98. The number of aromatic hydroxyl groups is 1. The van der Waals surface area contributed by atoms with Gasteiger partial charge in [-0.1, -0.05) is 39.1 Å². The fourth-order valence-corrected chi connectivity index (χ4v) is 2.56. The summed E-state index contributed by atoms with van der Waals surface area (Å²) in [5, 5.41) is 14.1. The van der Waals surface area contributed by atoms with Gasteiger partial charge in [0.25, 0.3) is 0 Å². The van der Waals surface area contributed by atoms with E-state index in [0.717, 1.165) is 0 Å². The summed E-state index contributed by atoms with van der Waals surface area (Å²) in [6.45, 7) is 1.17. The number of carbonyl (C=O) groups is 2. The van der Waals surface area contributed by atoms with E-state index in [-0.39, 0.29) is 34.7 Å². The van der Waals surface area contributed by atoms with Crippen LogP contribution in [0, 0.1) is 0 Å². The predicted octanol–water partition coefficient (Wildman–Crippen LogP) is 5.00. The van der Waals surface area contributed by atoms with Gasteiger partial charge in [0.15, 0.2) is 5.76 Å². The maximum Gasteiger partial charge on any atom is 0.308 e. The van der Waals surface area contributed by atoms with Crippen LogP contribution in [0.4, 0.5) is 5.88 Å². The Kier molecular flexibility index (Phi) is 6.75. The van der Waals surface area contributed by atoms with Gasteiger partial charge in [0.2, 0.25) is 23.3 Å². The topological polar surface area (TPSA) is 88.8 Å². The number of halogens is 3. The zero-order chi connectivity index (χ0) is 18.6.